The van der Waals surface area contributed by atoms with Crippen molar-refractivity contribution in [3.8, 4) is 11.5 Å². The van der Waals surface area contributed by atoms with Crippen LogP contribution in [0.4, 0.5) is 0 Å². The molecule has 1 aromatic carbocycles. The van der Waals surface area contributed by atoms with Gasteiger partial charge in [-0.2, -0.15) is 0 Å². The van der Waals surface area contributed by atoms with E-state index >= 15 is 0 Å². The van der Waals surface area contributed by atoms with Crippen molar-refractivity contribution in [1.82, 2.24) is 0 Å². The van der Waals surface area contributed by atoms with E-state index in [1.54, 1.807) is 0 Å². The molecule has 3 fully saturated rings. The van der Waals surface area contributed by atoms with E-state index in [0.29, 0.717) is 18.6 Å². The van der Waals surface area contributed by atoms with Crippen LogP contribution in [0.2, 0.25) is 0 Å². The molecule has 278 valence electrons. The minimum Gasteiger partial charge on any atom is -0.490 e. The molecule has 0 N–H and O–H groups in total. The lowest BCUT2D eigenvalue weighted by atomic mass is 9.44. The number of carbonyl (C=O) groups excluding carboxylic acids is 4. The predicted molar refractivity (Wildman–Crippen MR) is 193 cm³/mol. The van der Waals surface area contributed by atoms with Crippen LogP contribution in [0.1, 0.15) is 132 Å². The Hall–Kier alpha value is -3.72. The third-order valence-electron chi connectivity index (χ3n) is 11.7. The molecule has 51 heavy (non-hydrogen) atoms. The number of hydrogen-bond donors (Lipinski definition) is 0. The molecule has 0 aromatic heterocycles. The summed E-state index contributed by atoms with van der Waals surface area (Å²) in [6.45, 7) is 23.5. The summed E-state index contributed by atoms with van der Waals surface area (Å²) in [5.41, 5.74) is -0.316. The molecule has 2 saturated heterocycles. The van der Waals surface area contributed by atoms with Gasteiger partial charge < -0.3 is 23.7 Å². The van der Waals surface area contributed by atoms with Gasteiger partial charge in [-0.3, -0.25) is 14.4 Å². The molecule has 0 amide bonds. The number of carbonyl (C=O) groups is 4. The van der Waals surface area contributed by atoms with Gasteiger partial charge in [0.25, 0.3) is 0 Å². The number of ether oxygens (including phenoxy) is 5. The second-order valence-corrected chi connectivity index (χ2v) is 17.3. The van der Waals surface area contributed by atoms with Gasteiger partial charge in [0, 0.05) is 31.2 Å². The molecular weight excluding hydrogens is 648 g/mol. The van der Waals surface area contributed by atoms with Gasteiger partial charge in [0.15, 0.2) is 11.5 Å². The van der Waals surface area contributed by atoms with Gasteiger partial charge >= 0.3 is 17.9 Å². The summed E-state index contributed by atoms with van der Waals surface area (Å²) >= 11 is 0. The molecule has 5 rings (SSSR count). The molecule has 1 aliphatic carbocycles. The highest BCUT2D eigenvalue weighted by Crippen LogP contribution is 2.72. The molecule has 5 atom stereocenters. The highest BCUT2D eigenvalue weighted by Gasteiger charge is 2.77. The maximum Gasteiger partial charge on any atom is 0.348 e. The molecule has 1 saturated carbocycles. The highest BCUT2D eigenvalue weighted by molar-refractivity contribution is 6.25. The monoisotopic (exact) mass is 704 g/mol. The SMILES string of the molecule is CC(=O)Oc1ccc(C(=O)C2=C3OC(C)(C)[C@@H](CC=C(C)C)C[C@@]34C[C@@H](CC=C(C)C)C(C)(C)[C@H]3CCC(C)(C)O[C@]34OC2=O)cc1OC(C)=O. The van der Waals surface area contributed by atoms with Gasteiger partial charge in [-0.1, -0.05) is 37.1 Å². The summed E-state index contributed by atoms with van der Waals surface area (Å²) < 4.78 is 31.7. The zero-order valence-electron chi connectivity index (χ0n) is 32.5. The summed E-state index contributed by atoms with van der Waals surface area (Å²) in [7, 11) is 0. The third-order valence-corrected chi connectivity index (χ3v) is 11.7. The van der Waals surface area contributed by atoms with Crippen LogP contribution in [-0.2, 0) is 28.6 Å². The lowest BCUT2D eigenvalue weighted by Crippen LogP contribution is -2.74. The van der Waals surface area contributed by atoms with Crippen LogP contribution < -0.4 is 9.47 Å². The highest BCUT2D eigenvalue weighted by atomic mass is 16.7. The number of rotatable bonds is 8. The van der Waals surface area contributed by atoms with Crippen LogP contribution in [0.3, 0.4) is 0 Å². The van der Waals surface area contributed by atoms with Gasteiger partial charge in [-0.25, -0.2) is 4.79 Å². The number of Topliss-reactive ketones (excluding diaryl/α,β-unsaturated/α-hetero) is 1. The Balaban J connectivity index is 1.80. The summed E-state index contributed by atoms with van der Waals surface area (Å²) in [5, 5.41) is 0. The number of hydrogen-bond acceptors (Lipinski definition) is 9. The molecule has 0 bridgehead atoms. The van der Waals surface area contributed by atoms with Crippen LogP contribution in [0, 0.1) is 28.6 Å². The second-order valence-electron chi connectivity index (χ2n) is 17.3. The number of benzene rings is 1. The van der Waals surface area contributed by atoms with E-state index in [1.807, 2.05) is 27.7 Å². The van der Waals surface area contributed by atoms with Crippen LogP contribution >= 0.6 is 0 Å². The zero-order valence-corrected chi connectivity index (χ0v) is 32.5. The molecule has 0 unspecified atom stereocenters. The fourth-order valence-corrected chi connectivity index (χ4v) is 9.03. The minimum absolute atomic E-state index is 0.0133. The average molecular weight is 705 g/mol. The summed E-state index contributed by atoms with van der Waals surface area (Å²) in [4.78, 5) is 53.2. The zero-order chi connectivity index (χ0) is 37.9. The largest absolute Gasteiger partial charge is 0.490 e. The first-order chi connectivity index (χ1) is 23.5. The predicted octanol–water partition coefficient (Wildman–Crippen LogP) is 8.99. The van der Waals surface area contributed by atoms with Crippen molar-refractivity contribution in [3.05, 3.63) is 58.4 Å². The fraction of sp³-hybridized carbons (Fsp3) is 0.619. The van der Waals surface area contributed by atoms with Crippen molar-refractivity contribution in [2.45, 2.75) is 139 Å². The Morgan fingerprint density at radius 1 is 0.804 bits per heavy atom. The number of allylic oxidation sites excluding steroid dienone is 4. The van der Waals surface area contributed by atoms with Gasteiger partial charge in [0.05, 0.1) is 11.0 Å². The standard InChI is InChI=1S/C42H56O9/c1-24(2)13-16-29-22-41-23-30(17-14-25(3)4)40(11,12)49-36(41)34(35(45)28-15-18-31(47-26(5)43)32(21-28)48-27(6)44)37(46)50-42(41)33(39(29,9)10)19-20-38(7,8)51-42/h13-15,18,21,29-30,33H,16-17,19-20,22-23H2,1-12H3/t29-,30+,33-,41+,42-/m1/s1. The Morgan fingerprint density at radius 2 is 1.37 bits per heavy atom. The lowest BCUT2D eigenvalue weighted by molar-refractivity contribution is -0.407. The third kappa shape index (κ3) is 6.95. The fourth-order valence-electron chi connectivity index (χ4n) is 9.03. The molecule has 9 heteroatoms. The van der Waals surface area contributed by atoms with Crippen LogP contribution in [0.25, 0.3) is 0 Å². The molecule has 1 aromatic rings. The number of ketones is 1. The van der Waals surface area contributed by atoms with Gasteiger partial charge in [0.2, 0.25) is 11.6 Å². The van der Waals surface area contributed by atoms with Crippen LogP contribution in [0.5, 0.6) is 11.5 Å². The van der Waals surface area contributed by atoms with E-state index in [9.17, 15) is 19.2 Å². The Kier molecular flexibility index (Phi) is 10.1. The van der Waals surface area contributed by atoms with E-state index in [4.69, 9.17) is 23.7 Å². The summed E-state index contributed by atoms with van der Waals surface area (Å²) in [6, 6.07) is 4.14. The van der Waals surface area contributed by atoms with Gasteiger partial charge in [-0.05, 0) is 123 Å². The average Bonchev–Trinajstić information content (AvgIpc) is 2.97. The van der Waals surface area contributed by atoms with E-state index in [2.05, 4.69) is 53.7 Å². The first kappa shape index (κ1) is 38.5. The Bertz CT molecular complexity index is 1710. The quantitative estimate of drug-likeness (QED) is 0.0860. The topological polar surface area (TPSA) is 114 Å². The molecule has 0 radical (unpaired) electrons. The maximum atomic E-state index is 14.8. The number of esters is 3. The second kappa shape index (κ2) is 13.4. The minimum atomic E-state index is -1.38. The van der Waals surface area contributed by atoms with Crippen molar-refractivity contribution in [1.29, 1.82) is 0 Å². The molecule has 3 heterocycles. The van der Waals surface area contributed by atoms with Crippen molar-refractivity contribution in [2.24, 2.45) is 28.6 Å². The van der Waals surface area contributed by atoms with Crippen molar-refractivity contribution in [2.75, 3.05) is 0 Å². The van der Waals surface area contributed by atoms with Gasteiger partial charge in [-0.15, -0.1) is 0 Å². The summed E-state index contributed by atoms with van der Waals surface area (Å²) in [5.74, 6) is -3.93. The molecule has 3 aliphatic heterocycles. The lowest BCUT2D eigenvalue weighted by Gasteiger charge is -2.70. The molecule has 2 spiro atoms. The van der Waals surface area contributed by atoms with Crippen LogP contribution in [0.15, 0.2) is 52.8 Å². The van der Waals surface area contributed by atoms with Crippen LogP contribution in [-0.4, -0.2) is 40.7 Å². The van der Waals surface area contributed by atoms with Crippen molar-refractivity contribution < 1.29 is 42.9 Å². The normalized spacial score (nSPS) is 29.9. The maximum absolute atomic E-state index is 14.8. The van der Waals surface area contributed by atoms with E-state index in [1.165, 1.54) is 43.2 Å². The first-order valence-corrected chi connectivity index (χ1v) is 18.2. The van der Waals surface area contributed by atoms with Gasteiger partial charge in [0.1, 0.15) is 16.9 Å². The Labute approximate surface area is 303 Å². The van der Waals surface area contributed by atoms with Crippen molar-refractivity contribution in [3.63, 3.8) is 0 Å². The van der Waals surface area contributed by atoms with E-state index in [0.717, 1.165) is 25.7 Å². The molecular formula is C42H56O9. The molecule has 9 nitrogen and oxygen atoms in total. The smallest absolute Gasteiger partial charge is 0.348 e. The first-order valence-electron chi connectivity index (χ1n) is 18.2. The van der Waals surface area contributed by atoms with Crippen molar-refractivity contribution >= 4 is 23.7 Å². The summed E-state index contributed by atoms with van der Waals surface area (Å²) in [6.07, 6.45) is 8.82. The van der Waals surface area contributed by atoms with E-state index in [-0.39, 0.29) is 45.8 Å². The molecule has 4 aliphatic rings. The Morgan fingerprint density at radius 3 is 1.96 bits per heavy atom. The van der Waals surface area contributed by atoms with E-state index < -0.39 is 46.1 Å².